The zero-order valence-electron chi connectivity index (χ0n) is 22.2. The molecule has 0 fully saturated rings. The van der Waals surface area contributed by atoms with E-state index in [1.807, 2.05) is 67.6 Å². The normalized spacial score (nSPS) is 12.7. The Morgan fingerprint density at radius 2 is 1.74 bits per heavy atom. The molecular formula is C35H31NO3. The summed E-state index contributed by atoms with van der Waals surface area (Å²) in [6, 6.07) is 29.3. The minimum atomic E-state index is -0.958. The number of nitriles is 1. The fraction of sp³-hybridized carbons (Fsp3) is 0.143. The second-order valence-corrected chi connectivity index (χ2v) is 9.12. The maximum Gasteiger partial charge on any atom is 0.335 e. The summed E-state index contributed by atoms with van der Waals surface area (Å²) in [5.41, 5.74) is 5.47. The molecule has 1 N–H and O–H groups in total. The third kappa shape index (κ3) is 6.59. The Kier molecular flexibility index (Phi) is 9.24. The average molecular weight is 514 g/mol. The van der Waals surface area contributed by atoms with Gasteiger partial charge in [0, 0.05) is 5.56 Å². The van der Waals surface area contributed by atoms with Crippen LogP contribution in [0.3, 0.4) is 0 Å². The van der Waals surface area contributed by atoms with Crippen LogP contribution in [0.4, 0.5) is 0 Å². The van der Waals surface area contributed by atoms with Gasteiger partial charge in [-0.3, -0.25) is 0 Å². The molecule has 0 spiro atoms. The van der Waals surface area contributed by atoms with E-state index in [0.717, 1.165) is 45.0 Å². The van der Waals surface area contributed by atoms with Gasteiger partial charge in [0.05, 0.1) is 23.8 Å². The summed E-state index contributed by atoms with van der Waals surface area (Å²) < 4.78 is 6.50. The summed E-state index contributed by atoms with van der Waals surface area (Å²) >= 11 is 0. The number of allylic oxidation sites excluding steroid dienone is 4. The summed E-state index contributed by atoms with van der Waals surface area (Å²) in [6.07, 6.45) is 10.7. The smallest absolute Gasteiger partial charge is 0.335 e. The van der Waals surface area contributed by atoms with Crippen LogP contribution in [0.2, 0.25) is 0 Å². The number of carboxylic acid groups (broad SMARTS) is 1. The molecule has 4 aromatic carbocycles. The van der Waals surface area contributed by atoms with Gasteiger partial charge in [-0.1, -0.05) is 98.0 Å². The minimum Gasteiger partial charge on any atom is -0.478 e. The Morgan fingerprint density at radius 1 is 0.974 bits per heavy atom. The molecule has 194 valence electrons. The molecule has 4 heteroatoms. The van der Waals surface area contributed by atoms with Crippen molar-refractivity contribution >= 4 is 16.7 Å². The molecule has 0 aliphatic carbocycles. The predicted octanol–water partition coefficient (Wildman–Crippen LogP) is 8.80. The molecule has 4 rings (SSSR count). The van der Waals surface area contributed by atoms with Crippen LogP contribution in [0.5, 0.6) is 0 Å². The van der Waals surface area contributed by atoms with Crippen LogP contribution in [-0.4, -0.2) is 11.1 Å². The zero-order chi connectivity index (χ0) is 27.6. The summed E-state index contributed by atoms with van der Waals surface area (Å²) in [4.78, 5) is 11.2. The Hall–Kier alpha value is -4.72. The summed E-state index contributed by atoms with van der Waals surface area (Å²) in [7, 11) is 0. The number of hydrogen-bond donors (Lipinski definition) is 1. The molecule has 1 unspecified atom stereocenters. The molecule has 4 aromatic rings. The maximum absolute atomic E-state index is 11.2. The number of fused-ring (bicyclic) bond motifs is 1. The Labute approximate surface area is 229 Å². The van der Waals surface area contributed by atoms with E-state index < -0.39 is 12.1 Å². The van der Waals surface area contributed by atoms with Crippen molar-refractivity contribution in [2.75, 3.05) is 0 Å². The van der Waals surface area contributed by atoms with Gasteiger partial charge in [-0.15, -0.1) is 0 Å². The van der Waals surface area contributed by atoms with Crippen LogP contribution in [0.15, 0.2) is 121 Å². The largest absolute Gasteiger partial charge is 0.478 e. The lowest BCUT2D eigenvalue weighted by molar-refractivity contribution is 0.0659. The summed E-state index contributed by atoms with van der Waals surface area (Å²) in [6.45, 7) is 4.37. The molecule has 0 amide bonds. The van der Waals surface area contributed by atoms with E-state index in [1.165, 1.54) is 0 Å². The number of nitrogens with zero attached hydrogens (tertiary/aromatic N) is 1. The number of carboxylic acids is 1. The number of ether oxygens (including phenoxy) is 1. The van der Waals surface area contributed by atoms with Crippen molar-refractivity contribution in [2.45, 2.75) is 33.0 Å². The van der Waals surface area contributed by atoms with Gasteiger partial charge in [0.15, 0.2) is 0 Å². The van der Waals surface area contributed by atoms with Crippen molar-refractivity contribution in [1.29, 1.82) is 5.26 Å². The number of carbonyl (C=O) groups is 1. The average Bonchev–Trinajstić information content (AvgIpc) is 2.98. The number of hydrogen-bond acceptors (Lipinski definition) is 3. The van der Waals surface area contributed by atoms with Gasteiger partial charge in [0.2, 0.25) is 0 Å². The van der Waals surface area contributed by atoms with Gasteiger partial charge in [-0.2, -0.15) is 5.26 Å². The van der Waals surface area contributed by atoms with E-state index in [0.29, 0.717) is 12.2 Å². The van der Waals surface area contributed by atoms with Gasteiger partial charge in [-0.05, 0) is 70.6 Å². The van der Waals surface area contributed by atoms with Crippen molar-refractivity contribution in [3.63, 3.8) is 0 Å². The molecule has 1 atom stereocenters. The molecule has 0 heterocycles. The highest BCUT2D eigenvalue weighted by atomic mass is 16.5. The van der Waals surface area contributed by atoms with E-state index >= 15 is 0 Å². The number of rotatable bonds is 10. The van der Waals surface area contributed by atoms with E-state index in [9.17, 15) is 15.2 Å². The fourth-order valence-corrected chi connectivity index (χ4v) is 4.53. The summed E-state index contributed by atoms with van der Waals surface area (Å²) in [5, 5.41) is 21.4. The second-order valence-electron chi connectivity index (χ2n) is 9.12. The van der Waals surface area contributed by atoms with Crippen molar-refractivity contribution in [2.24, 2.45) is 0 Å². The molecule has 0 saturated heterocycles. The van der Waals surface area contributed by atoms with Gasteiger partial charge in [-0.25, -0.2) is 4.79 Å². The molecular weight excluding hydrogens is 482 g/mol. The second kappa shape index (κ2) is 13.2. The molecule has 39 heavy (non-hydrogen) atoms. The lowest BCUT2D eigenvalue weighted by Crippen LogP contribution is -2.08. The maximum atomic E-state index is 11.2. The van der Waals surface area contributed by atoms with Gasteiger partial charge in [0.25, 0.3) is 0 Å². The van der Waals surface area contributed by atoms with Gasteiger partial charge >= 0.3 is 5.97 Å². The molecule has 0 aliphatic rings. The van der Waals surface area contributed by atoms with E-state index in [2.05, 4.69) is 43.3 Å². The summed E-state index contributed by atoms with van der Waals surface area (Å²) in [5.74, 6) is -0.958. The van der Waals surface area contributed by atoms with Crippen molar-refractivity contribution < 1.29 is 14.6 Å². The van der Waals surface area contributed by atoms with Crippen molar-refractivity contribution in [3.05, 3.63) is 143 Å². The number of benzene rings is 4. The van der Waals surface area contributed by atoms with Crippen LogP contribution >= 0.6 is 0 Å². The lowest BCUT2D eigenvalue weighted by atomic mass is 9.91. The fourth-order valence-electron chi connectivity index (χ4n) is 4.53. The Morgan fingerprint density at radius 3 is 2.46 bits per heavy atom. The zero-order valence-corrected chi connectivity index (χ0v) is 22.2. The van der Waals surface area contributed by atoms with E-state index in [4.69, 9.17) is 4.74 Å². The minimum absolute atomic E-state index is 0.238. The van der Waals surface area contributed by atoms with Gasteiger partial charge < -0.3 is 9.84 Å². The first-order valence-electron chi connectivity index (χ1n) is 13.0. The first-order valence-corrected chi connectivity index (χ1v) is 13.0. The van der Waals surface area contributed by atoms with Crippen molar-refractivity contribution in [1.82, 2.24) is 0 Å². The third-order valence-corrected chi connectivity index (χ3v) is 6.57. The first-order chi connectivity index (χ1) is 19.0. The predicted molar refractivity (Wildman–Crippen MR) is 157 cm³/mol. The first kappa shape index (κ1) is 27.3. The van der Waals surface area contributed by atoms with Crippen molar-refractivity contribution in [3.8, 4) is 17.2 Å². The molecule has 0 bridgehead atoms. The van der Waals surface area contributed by atoms with Gasteiger partial charge in [0.1, 0.15) is 6.10 Å². The monoisotopic (exact) mass is 513 g/mol. The van der Waals surface area contributed by atoms with Crippen LogP contribution in [0.1, 0.15) is 53.4 Å². The van der Waals surface area contributed by atoms with E-state index in [1.54, 1.807) is 24.3 Å². The Balaban J connectivity index is 1.77. The standard InChI is InChI=1S/C35H31NO3/c1-3-5-6-7-11-26(4-2)34(39-24-25-16-18-28(19-17-25)35(37)38)29-20-21-30(23-36)33(22-29)32-15-10-13-27-12-8-9-14-31(27)32/h4-22,34H,3,24H2,1-2H3,(H,37,38)/b6-5+,11-7-,26-4+. The third-order valence-electron chi connectivity index (χ3n) is 6.57. The molecule has 0 saturated carbocycles. The quantitative estimate of drug-likeness (QED) is 0.215. The van der Waals surface area contributed by atoms with Crippen LogP contribution < -0.4 is 0 Å². The topological polar surface area (TPSA) is 70.3 Å². The van der Waals surface area contributed by atoms with E-state index in [-0.39, 0.29) is 5.56 Å². The van der Waals surface area contributed by atoms with Crippen LogP contribution in [-0.2, 0) is 11.3 Å². The highest BCUT2D eigenvalue weighted by Gasteiger charge is 2.19. The SMILES string of the molecule is C\C=C(/C=C\C=C\CC)C(OCc1ccc(C(=O)O)cc1)c1ccc(C#N)c(-c2cccc3ccccc23)c1. The number of aromatic carboxylic acids is 1. The molecule has 0 aromatic heterocycles. The van der Waals surface area contributed by atoms with Crippen LogP contribution in [0.25, 0.3) is 21.9 Å². The highest BCUT2D eigenvalue weighted by molar-refractivity contribution is 5.98. The Bertz CT molecular complexity index is 1580. The lowest BCUT2D eigenvalue weighted by Gasteiger charge is -2.21. The molecule has 4 nitrogen and oxygen atoms in total. The highest BCUT2D eigenvalue weighted by Crippen LogP contribution is 2.36. The molecule has 0 radical (unpaired) electrons. The molecule has 0 aliphatic heterocycles. The van der Waals surface area contributed by atoms with Crippen LogP contribution in [0, 0.1) is 11.3 Å².